The van der Waals surface area contributed by atoms with E-state index in [1.165, 1.54) is 31.6 Å². The lowest BCUT2D eigenvalue weighted by Gasteiger charge is -2.08. The van der Waals surface area contributed by atoms with Crippen molar-refractivity contribution in [3.63, 3.8) is 0 Å². The van der Waals surface area contributed by atoms with E-state index in [2.05, 4.69) is 15.3 Å². The first-order chi connectivity index (χ1) is 9.49. The summed E-state index contributed by atoms with van der Waals surface area (Å²) in [6.45, 7) is 0.338. The maximum Gasteiger partial charge on any atom is 0.416 e. The zero-order valence-electron chi connectivity index (χ0n) is 10.6. The number of hydrogen-bond donors (Lipinski definition) is 1. The van der Waals surface area contributed by atoms with Crippen LogP contribution in [0.4, 0.5) is 19.1 Å². The van der Waals surface area contributed by atoms with Crippen molar-refractivity contribution in [3.05, 3.63) is 47.8 Å². The van der Waals surface area contributed by atoms with E-state index in [4.69, 9.17) is 4.74 Å². The molecule has 0 aliphatic carbocycles. The van der Waals surface area contributed by atoms with Gasteiger partial charge in [0.05, 0.1) is 25.1 Å². The smallest absolute Gasteiger partial charge is 0.416 e. The molecule has 7 heteroatoms. The summed E-state index contributed by atoms with van der Waals surface area (Å²) in [5.41, 5.74) is 0.0411. The van der Waals surface area contributed by atoms with Gasteiger partial charge >= 0.3 is 6.18 Å². The molecule has 1 aromatic carbocycles. The Morgan fingerprint density at radius 2 is 1.70 bits per heavy atom. The Morgan fingerprint density at radius 3 is 2.20 bits per heavy atom. The summed E-state index contributed by atoms with van der Waals surface area (Å²) in [6, 6.07) is 4.93. The third-order valence-corrected chi connectivity index (χ3v) is 2.60. The highest BCUT2D eigenvalue weighted by atomic mass is 19.4. The number of nitrogens with one attached hydrogen (secondary N) is 1. The van der Waals surface area contributed by atoms with Gasteiger partial charge in [0.2, 0.25) is 5.95 Å². The van der Waals surface area contributed by atoms with Gasteiger partial charge in [0.1, 0.15) is 0 Å². The van der Waals surface area contributed by atoms with E-state index in [1.54, 1.807) is 0 Å². The summed E-state index contributed by atoms with van der Waals surface area (Å²) in [5, 5.41) is 2.91. The quantitative estimate of drug-likeness (QED) is 0.936. The van der Waals surface area contributed by atoms with Crippen LogP contribution in [0.5, 0.6) is 5.75 Å². The van der Waals surface area contributed by atoms with Gasteiger partial charge in [0.25, 0.3) is 0 Å². The number of rotatable bonds is 4. The summed E-state index contributed by atoms with van der Waals surface area (Å²) in [5.74, 6) is 0.913. The van der Waals surface area contributed by atoms with Crippen molar-refractivity contribution in [1.82, 2.24) is 9.97 Å². The number of ether oxygens (including phenoxy) is 1. The lowest BCUT2D eigenvalue weighted by atomic mass is 10.1. The molecule has 2 aromatic rings. The Hall–Kier alpha value is -2.31. The van der Waals surface area contributed by atoms with Crippen LogP contribution in [0.3, 0.4) is 0 Å². The SMILES string of the molecule is COc1cnc(NCc2ccc(C(F)(F)F)cc2)nc1. The van der Waals surface area contributed by atoms with Gasteiger partial charge in [0.15, 0.2) is 5.75 Å². The second kappa shape index (κ2) is 5.77. The van der Waals surface area contributed by atoms with Crippen molar-refractivity contribution in [2.45, 2.75) is 12.7 Å². The lowest BCUT2D eigenvalue weighted by molar-refractivity contribution is -0.137. The number of aromatic nitrogens is 2. The number of alkyl halides is 3. The van der Waals surface area contributed by atoms with E-state index >= 15 is 0 Å². The molecule has 0 unspecified atom stereocenters. The molecule has 0 saturated carbocycles. The minimum absolute atomic E-state index is 0.338. The molecule has 1 heterocycles. The first kappa shape index (κ1) is 14.1. The van der Waals surface area contributed by atoms with Crippen LogP contribution in [0.2, 0.25) is 0 Å². The van der Waals surface area contributed by atoms with E-state index in [1.807, 2.05) is 0 Å². The molecule has 0 atom stereocenters. The Morgan fingerprint density at radius 1 is 1.10 bits per heavy atom. The maximum atomic E-state index is 12.4. The van der Waals surface area contributed by atoms with Gasteiger partial charge in [0, 0.05) is 6.54 Å². The van der Waals surface area contributed by atoms with Crippen molar-refractivity contribution in [2.75, 3.05) is 12.4 Å². The van der Waals surface area contributed by atoms with Gasteiger partial charge < -0.3 is 10.1 Å². The van der Waals surface area contributed by atoms with Crippen LogP contribution in [-0.2, 0) is 12.7 Å². The van der Waals surface area contributed by atoms with E-state index in [0.29, 0.717) is 23.8 Å². The summed E-state index contributed by atoms with van der Waals surface area (Å²) in [7, 11) is 1.51. The molecule has 1 N–H and O–H groups in total. The van der Waals surface area contributed by atoms with Gasteiger partial charge in [-0.1, -0.05) is 12.1 Å². The molecular weight excluding hydrogens is 271 g/mol. The van der Waals surface area contributed by atoms with E-state index in [9.17, 15) is 13.2 Å². The number of anilines is 1. The monoisotopic (exact) mass is 283 g/mol. The van der Waals surface area contributed by atoms with Crippen molar-refractivity contribution < 1.29 is 17.9 Å². The summed E-state index contributed by atoms with van der Waals surface area (Å²) >= 11 is 0. The van der Waals surface area contributed by atoms with Crippen molar-refractivity contribution in [3.8, 4) is 5.75 Å². The molecule has 0 radical (unpaired) electrons. The molecule has 0 saturated heterocycles. The molecule has 106 valence electrons. The average molecular weight is 283 g/mol. The molecule has 0 aliphatic heterocycles. The summed E-state index contributed by atoms with van der Waals surface area (Å²) < 4.78 is 42.1. The standard InChI is InChI=1S/C13H12F3N3O/c1-20-11-7-18-12(19-8-11)17-6-9-2-4-10(5-3-9)13(14,15)16/h2-5,7-8H,6H2,1H3,(H,17,18,19). The number of hydrogen-bond acceptors (Lipinski definition) is 4. The third-order valence-electron chi connectivity index (χ3n) is 2.60. The number of methoxy groups -OCH3 is 1. The largest absolute Gasteiger partial charge is 0.494 e. The molecule has 4 nitrogen and oxygen atoms in total. The van der Waals surface area contributed by atoms with Crippen LogP contribution < -0.4 is 10.1 Å². The van der Waals surface area contributed by atoms with Gasteiger partial charge in [-0.25, -0.2) is 9.97 Å². The van der Waals surface area contributed by atoms with Gasteiger partial charge in [-0.05, 0) is 17.7 Å². The van der Waals surface area contributed by atoms with Crippen LogP contribution in [0.15, 0.2) is 36.7 Å². The fourth-order valence-electron chi connectivity index (χ4n) is 1.51. The van der Waals surface area contributed by atoms with Gasteiger partial charge in [-0.15, -0.1) is 0 Å². The van der Waals surface area contributed by atoms with Crippen molar-refractivity contribution in [1.29, 1.82) is 0 Å². The van der Waals surface area contributed by atoms with Crippen molar-refractivity contribution in [2.24, 2.45) is 0 Å². The third kappa shape index (κ3) is 3.59. The Kier molecular flexibility index (Phi) is 4.07. The van der Waals surface area contributed by atoms with E-state index in [-0.39, 0.29) is 0 Å². The fraction of sp³-hybridized carbons (Fsp3) is 0.231. The van der Waals surface area contributed by atoms with Crippen LogP contribution in [-0.4, -0.2) is 17.1 Å². The topological polar surface area (TPSA) is 47.0 Å². The zero-order valence-corrected chi connectivity index (χ0v) is 10.6. The van der Waals surface area contributed by atoms with Crippen LogP contribution in [0.1, 0.15) is 11.1 Å². The van der Waals surface area contributed by atoms with Crippen molar-refractivity contribution >= 4 is 5.95 Å². The lowest BCUT2D eigenvalue weighted by Crippen LogP contribution is -2.06. The molecule has 0 fully saturated rings. The second-order valence-corrected chi connectivity index (χ2v) is 3.99. The highest BCUT2D eigenvalue weighted by Gasteiger charge is 2.29. The number of benzene rings is 1. The minimum atomic E-state index is -4.31. The Balaban J connectivity index is 1.96. The molecule has 2 rings (SSSR count). The van der Waals surface area contributed by atoms with Crippen LogP contribution in [0.25, 0.3) is 0 Å². The molecule has 0 amide bonds. The predicted octanol–water partition coefficient (Wildman–Crippen LogP) is 3.12. The van der Waals surface area contributed by atoms with Gasteiger partial charge in [-0.3, -0.25) is 0 Å². The first-order valence-corrected chi connectivity index (χ1v) is 5.75. The summed E-state index contributed by atoms with van der Waals surface area (Å²) in [4.78, 5) is 7.99. The Bertz CT molecular complexity index is 553. The van der Waals surface area contributed by atoms with E-state index in [0.717, 1.165) is 12.1 Å². The van der Waals surface area contributed by atoms with Gasteiger partial charge in [-0.2, -0.15) is 13.2 Å². The normalized spacial score (nSPS) is 11.2. The molecule has 0 bridgehead atoms. The van der Waals surface area contributed by atoms with E-state index < -0.39 is 11.7 Å². The predicted molar refractivity (Wildman–Crippen MR) is 67.4 cm³/mol. The first-order valence-electron chi connectivity index (χ1n) is 5.75. The highest BCUT2D eigenvalue weighted by molar-refractivity contribution is 5.31. The maximum absolute atomic E-state index is 12.4. The molecule has 1 aromatic heterocycles. The number of halogens is 3. The average Bonchev–Trinajstić information content (AvgIpc) is 2.45. The highest BCUT2D eigenvalue weighted by Crippen LogP contribution is 2.29. The van der Waals surface area contributed by atoms with Crippen LogP contribution in [0, 0.1) is 0 Å². The zero-order chi connectivity index (χ0) is 14.6. The molecule has 0 aliphatic rings. The molecule has 20 heavy (non-hydrogen) atoms. The van der Waals surface area contributed by atoms with Crippen LogP contribution >= 0.6 is 0 Å². The minimum Gasteiger partial charge on any atom is -0.494 e. The fourth-order valence-corrected chi connectivity index (χ4v) is 1.51. The molecular formula is C13H12F3N3O. The Labute approximate surface area is 113 Å². The number of nitrogens with zero attached hydrogens (tertiary/aromatic N) is 2. The molecule has 0 spiro atoms. The summed E-state index contributed by atoms with van der Waals surface area (Å²) in [6.07, 6.45) is -1.31. The second-order valence-electron chi connectivity index (χ2n) is 3.99.